The van der Waals surface area contributed by atoms with E-state index in [1.54, 1.807) is 0 Å². The van der Waals surface area contributed by atoms with Crippen LogP contribution in [0.25, 0.3) is 0 Å². The second kappa shape index (κ2) is 12.2. The lowest BCUT2D eigenvalue weighted by Crippen LogP contribution is -2.30. The smallest absolute Gasteiger partial charge is 0.437 e. The van der Waals surface area contributed by atoms with Gasteiger partial charge in [0.15, 0.2) is 0 Å². The minimum absolute atomic E-state index is 0.401. The predicted octanol–water partition coefficient (Wildman–Crippen LogP) is 4.36. The van der Waals surface area contributed by atoms with Gasteiger partial charge >= 0.3 is 6.09 Å². The molecule has 41 heavy (non-hydrogen) atoms. The van der Waals surface area contributed by atoms with Crippen molar-refractivity contribution in [2.24, 2.45) is 0 Å². The van der Waals surface area contributed by atoms with Crippen LogP contribution in [0.4, 0.5) is 16.4 Å². The molecular weight excluding hydrogens is 516 g/mol. The fourth-order valence-electron chi connectivity index (χ4n) is 5.27. The minimum Gasteiger partial charge on any atom is -0.442 e. The highest BCUT2D eigenvalue weighted by Crippen LogP contribution is 2.26. The van der Waals surface area contributed by atoms with Crippen molar-refractivity contribution in [3.05, 3.63) is 94.3 Å². The number of benzene rings is 2. The van der Waals surface area contributed by atoms with Gasteiger partial charge in [0.05, 0.1) is 11.4 Å². The lowest BCUT2D eigenvalue weighted by atomic mass is 10.1. The highest BCUT2D eigenvalue weighted by molar-refractivity contribution is 5.75. The van der Waals surface area contributed by atoms with Crippen LogP contribution < -0.4 is 11.5 Å². The maximum Gasteiger partial charge on any atom is 0.437 e. The Morgan fingerprint density at radius 1 is 0.878 bits per heavy atom. The van der Waals surface area contributed by atoms with Crippen LogP contribution in [0.5, 0.6) is 0 Å². The van der Waals surface area contributed by atoms with Gasteiger partial charge in [-0.3, -0.25) is 14.9 Å². The molecule has 4 aromatic rings. The van der Waals surface area contributed by atoms with Crippen LogP contribution >= 0.6 is 0 Å². The van der Waals surface area contributed by atoms with Crippen molar-refractivity contribution in [3.63, 3.8) is 0 Å². The molecule has 0 unspecified atom stereocenters. The zero-order valence-corrected chi connectivity index (χ0v) is 24.1. The summed E-state index contributed by atoms with van der Waals surface area (Å²) >= 11 is 0. The molecule has 0 saturated heterocycles. The fourth-order valence-corrected chi connectivity index (χ4v) is 5.27. The Labute approximate surface area is 241 Å². The lowest BCUT2D eigenvalue weighted by Gasteiger charge is -2.26. The SMILES string of the molecule is CC(C)(C)OC(=O)n1nc2c(c1N)CCN(Cc1ccccc1)C2.Nc1n[nH]c2c1CCN(Cc1ccccc1)C2. The van der Waals surface area contributed by atoms with Crippen LogP contribution in [-0.2, 0) is 43.8 Å². The van der Waals surface area contributed by atoms with Crippen LogP contribution in [0.2, 0.25) is 0 Å². The molecule has 2 aromatic carbocycles. The number of hydrogen-bond donors (Lipinski definition) is 3. The van der Waals surface area contributed by atoms with Crippen molar-refractivity contribution >= 4 is 17.7 Å². The van der Waals surface area contributed by atoms with Gasteiger partial charge in [-0.25, -0.2) is 4.79 Å². The molecule has 2 aliphatic rings. The number of carbonyl (C=O) groups excluding carboxylic acids is 1. The zero-order valence-electron chi connectivity index (χ0n) is 24.1. The van der Waals surface area contributed by atoms with E-state index in [2.05, 4.69) is 61.5 Å². The largest absolute Gasteiger partial charge is 0.442 e. The van der Waals surface area contributed by atoms with Gasteiger partial charge in [-0.05, 0) is 44.7 Å². The van der Waals surface area contributed by atoms with Gasteiger partial charge in [0, 0.05) is 50.4 Å². The molecule has 2 aromatic heterocycles. The van der Waals surface area contributed by atoms with E-state index in [0.717, 1.165) is 56.8 Å². The molecule has 0 bridgehead atoms. The van der Waals surface area contributed by atoms with E-state index in [9.17, 15) is 4.79 Å². The van der Waals surface area contributed by atoms with Gasteiger partial charge in [-0.15, -0.1) is 4.68 Å². The van der Waals surface area contributed by atoms with E-state index in [4.69, 9.17) is 16.2 Å². The molecule has 0 aliphatic carbocycles. The second-order valence-corrected chi connectivity index (χ2v) is 11.7. The lowest BCUT2D eigenvalue weighted by molar-refractivity contribution is 0.0517. The molecule has 0 spiro atoms. The average Bonchev–Trinajstić information content (AvgIpc) is 3.48. The number of nitrogen functional groups attached to an aromatic ring is 2. The number of ether oxygens (including phenoxy) is 1. The first-order valence-corrected chi connectivity index (χ1v) is 14.1. The number of fused-ring (bicyclic) bond motifs is 2. The number of nitrogens with one attached hydrogen (secondary N) is 1. The zero-order chi connectivity index (χ0) is 29.0. The quantitative estimate of drug-likeness (QED) is 0.338. The van der Waals surface area contributed by atoms with Crippen molar-refractivity contribution in [1.82, 2.24) is 29.8 Å². The first-order valence-electron chi connectivity index (χ1n) is 14.1. The van der Waals surface area contributed by atoms with Crippen molar-refractivity contribution < 1.29 is 9.53 Å². The number of anilines is 2. The number of hydrogen-bond acceptors (Lipinski definition) is 8. The second-order valence-electron chi connectivity index (χ2n) is 11.7. The Morgan fingerprint density at radius 2 is 1.44 bits per heavy atom. The van der Waals surface area contributed by atoms with Crippen molar-refractivity contribution in [2.75, 3.05) is 24.6 Å². The number of H-pyrrole nitrogens is 1. The number of aromatic nitrogens is 4. The van der Waals surface area contributed by atoms with Gasteiger partial charge in [0.25, 0.3) is 0 Å². The highest BCUT2D eigenvalue weighted by atomic mass is 16.6. The van der Waals surface area contributed by atoms with Crippen LogP contribution in [0.1, 0.15) is 54.4 Å². The number of rotatable bonds is 4. The van der Waals surface area contributed by atoms with Crippen LogP contribution in [0.3, 0.4) is 0 Å². The Hall–Kier alpha value is -4.15. The summed E-state index contributed by atoms with van der Waals surface area (Å²) in [5, 5.41) is 11.5. The summed E-state index contributed by atoms with van der Waals surface area (Å²) in [4.78, 5) is 17.0. The summed E-state index contributed by atoms with van der Waals surface area (Å²) in [5.74, 6) is 1.07. The normalized spacial score (nSPS) is 15.4. The van der Waals surface area contributed by atoms with E-state index in [0.29, 0.717) is 18.2 Å². The van der Waals surface area contributed by atoms with E-state index >= 15 is 0 Å². The molecular formula is C31H40N8O2. The van der Waals surface area contributed by atoms with Crippen LogP contribution in [0.15, 0.2) is 60.7 Å². The number of aromatic amines is 1. The molecule has 5 N–H and O–H groups in total. The van der Waals surface area contributed by atoms with Crippen LogP contribution in [-0.4, -0.2) is 54.6 Å². The highest BCUT2D eigenvalue weighted by Gasteiger charge is 2.28. The summed E-state index contributed by atoms with van der Waals surface area (Å²) in [5.41, 5.74) is 18.2. The first-order chi connectivity index (χ1) is 19.7. The Bertz CT molecular complexity index is 1460. The molecule has 0 radical (unpaired) electrons. The molecule has 0 saturated carbocycles. The van der Waals surface area contributed by atoms with Gasteiger partial charge < -0.3 is 16.2 Å². The van der Waals surface area contributed by atoms with Crippen molar-refractivity contribution in [2.45, 2.75) is 65.4 Å². The topological polar surface area (TPSA) is 131 Å². The van der Waals surface area contributed by atoms with Gasteiger partial charge in [-0.1, -0.05) is 60.7 Å². The minimum atomic E-state index is -0.574. The molecule has 216 valence electrons. The molecule has 10 nitrogen and oxygen atoms in total. The molecule has 10 heteroatoms. The number of carbonyl (C=O) groups is 1. The van der Waals surface area contributed by atoms with E-state index in [1.807, 2.05) is 45.0 Å². The maximum absolute atomic E-state index is 12.3. The maximum atomic E-state index is 12.3. The van der Waals surface area contributed by atoms with E-state index < -0.39 is 11.7 Å². The molecule has 2 aliphatic heterocycles. The van der Waals surface area contributed by atoms with E-state index in [-0.39, 0.29) is 0 Å². The monoisotopic (exact) mass is 556 g/mol. The Kier molecular flexibility index (Phi) is 8.41. The summed E-state index contributed by atoms with van der Waals surface area (Å²) in [7, 11) is 0. The third-order valence-corrected chi connectivity index (χ3v) is 7.27. The Morgan fingerprint density at radius 3 is 2.02 bits per heavy atom. The molecule has 4 heterocycles. The first kappa shape index (κ1) is 28.4. The van der Waals surface area contributed by atoms with Gasteiger partial charge in [0.2, 0.25) is 0 Å². The number of nitrogens with two attached hydrogens (primary N) is 2. The third-order valence-electron chi connectivity index (χ3n) is 7.27. The summed E-state index contributed by atoms with van der Waals surface area (Å²) < 4.78 is 6.57. The summed E-state index contributed by atoms with van der Waals surface area (Å²) in [6, 6.07) is 20.9. The Balaban J connectivity index is 0.000000174. The standard InChI is InChI=1S/C18H24N4O2.C13H16N4/c1-18(2,3)24-17(23)22-16(19)14-9-10-21(12-15(14)20-22)11-13-7-5-4-6-8-13;14-13-11-6-7-17(9-12(11)15-16-13)8-10-4-2-1-3-5-10/h4-8H,9-12,19H2,1-3H3;1-5H,6-9H2,(H3,14,15,16). The summed E-state index contributed by atoms with van der Waals surface area (Å²) in [6.07, 6.45) is 1.26. The van der Waals surface area contributed by atoms with Gasteiger partial charge in [0.1, 0.15) is 17.2 Å². The van der Waals surface area contributed by atoms with Crippen molar-refractivity contribution in [3.8, 4) is 0 Å². The number of nitrogens with zero attached hydrogens (tertiary/aromatic N) is 5. The van der Waals surface area contributed by atoms with E-state index in [1.165, 1.54) is 27.1 Å². The molecule has 0 fully saturated rings. The molecule has 0 atom stereocenters. The van der Waals surface area contributed by atoms with Crippen LogP contribution in [0, 0.1) is 0 Å². The average molecular weight is 557 g/mol. The predicted molar refractivity (Wildman–Crippen MR) is 160 cm³/mol. The molecule has 6 rings (SSSR count). The third kappa shape index (κ3) is 7.14. The van der Waals surface area contributed by atoms with Crippen molar-refractivity contribution in [1.29, 1.82) is 0 Å². The summed E-state index contributed by atoms with van der Waals surface area (Å²) in [6.45, 7) is 10.9. The fraction of sp³-hybridized carbons (Fsp3) is 0.387. The van der Waals surface area contributed by atoms with Gasteiger partial charge in [-0.2, -0.15) is 10.2 Å². The molecule has 0 amide bonds.